The molecule has 1 atom stereocenters. The summed E-state index contributed by atoms with van der Waals surface area (Å²) in [4.78, 5) is 16.1. The molecule has 3 rings (SSSR count). The van der Waals surface area contributed by atoms with E-state index in [2.05, 4.69) is 10.3 Å². The van der Waals surface area contributed by atoms with Gasteiger partial charge in [0.1, 0.15) is 17.5 Å². The molecule has 1 amide bonds. The lowest BCUT2D eigenvalue weighted by Crippen LogP contribution is -2.25. The van der Waals surface area contributed by atoms with E-state index in [-0.39, 0.29) is 18.1 Å². The summed E-state index contributed by atoms with van der Waals surface area (Å²) < 4.78 is 24.8. The molecule has 120 valence electrons. The van der Waals surface area contributed by atoms with E-state index in [1.54, 1.807) is 18.2 Å². The molecule has 0 fully saturated rings. The Labute approximate surface area is 132 Å². The number of halogens is 1. The Balaban J connectivity index is 2.14. The van der Waals surface area contributed by atoms with E-state index in [9.17, 15) is 9.18 Å². The van der Waals surface area contributed by atoms with Gasteiger partial charge in [-0.25, -0.2) is 9.37 Å². The summed E-state index contributed by atoms with van der Waals surface area (Å²) in [5, 5.41) is 2.66. The van der Waals surface area contributed by atoms with Crippen molar-refractivity contribution in [1.82, 2.24) is 4.98 Å². The molecule has 1 aliphatic rings. The Bertz CT molecular complexity index is 779. The number of carbonyl (C=O) groups excluding carboxylic acids is 1. The first-order valence-corrected chi connectivity index (χ1v) is 7.01. The normalized spacial score (nSPS) is 16.5. The number of carbonyl (C=O) groups is 1. The first-order chi connectivity index (χ1) is 11.0. The molecule has 1 aromatic carbocycles. The fourth-order valence-corrected chi connectivity index (χ4v) is 2.76. The standard InChI is InChI=1S/C16H16FN3O3/c1-22-12-5-10(11(17)7-13(12)23-2)9-6-15(21)20-16-8(9)3-4-14(18)19-16/h3-5,7,9H,6H2,1-2H3,(H3,18,19,20,21)/t9-/m0/s1. The summed E-state index contributed by atoms with van der Waals surface area (Å²) in [5.41, 5.74) is 6.72. The summed E-state index contributed by atoms with van der Waals surface area (Å²) in [6.45, 7) is 0. The van der Waals surface area contributed by atoms with Crippen molar-refractivity contribution >= 4 is 17.5 Å². The van der Waals surface area contributed by atoms with Gasteiger partial charge in [0, 0.05) is 24.0 Å². The van der Waals surface area contributed by atoms with Crippen LogP contribution in [0.15, 0.2) is 24.3 Å². The number of rotatable bonds is 3. The number of methoxy groups -OCH3 is 2. The second-order valence-corrected chi connectivity index (χ2v) is 5.21. The van der Waals surface area contributed by atoms with Crippen LogP contribution in [0.2, 0.25) is 0 Å². The summed E-state index contributed by atoms with van der Waals surface area (Å²) in [6.07, 6.45) is 0.116. The number of benzene rings is 1. The number of amides is 1. The molecule has 1 aliphatic heterocycles. The van der Waals surface area contributed by atoms with Crippen LogP contribution >= 0.6 is 0 Å². The number of fused-ring (bicyclic) bond motifs is 1. The zero-order valence-electron chi connectivity index (χ0n) is 12.7. The van der Waals surface area contributed by atoms with Gasteiger partial charge in [0.15, 0.2) is 11.5 Å². The molecule has 2 heterocycles. The number of ether oxygens (including phenoxy) is 2. The SMILES string of the molecule is COc1cc(F)c([C@H]2CC(=O)Nc3nc(N)ccc32)cc1OC. The van der Waals surface area contributed by atoms with Gasteiger partial charge in [-0.15, -0.1) is 0 Å². The highest BCUT2D eigenvalue weighted by Crippen LogP contribution is 2.41. The minimum absolute atomic E-state index is 0.116. The Kier molecular flexibility index (Phi) is 3.77. The van der Waals surface area contributed by atoms with E-state index in [1.165, 1.54) is 20.3 Å². The van der Waals surface area contributed by atoms with Gasteiger partial charge in [-0.2, -0.15) is 0 Å². The summed E-state index contributed by atoms with van der Waals surface area (Å²) >= 11 is 0. The third-order valence-corrected chi connectivity index (χ3v) is 3.85. The quantitative estimate of drug-likeness (QED) is 0.907. The average Bonchev–Trinajstić information content (AvgIpc) is 2.53. The Morgan fingerprint density at radius 3 is 2.61 bits per heavy atom. The Hall–Kier alpha value is -2.83. The highest BCUT2D eigenvalue weighted by Gasteiger charge is 2.30. The molecule has 0 spiro atoms. The van der Waals surface area contributed by atoms with Crippen molar-refractivity contribution in [3.8, 4) is 11.5 Å². The van der Waals surface area contributed by atoms with Crippen LogP contribution in [0.25, 0.3) is 0 Å². The highest BCUT2D eigenvalue weighted by atomic mass is 19.1. The predicted molar refractivity (Wildman–Crippen MR) is 83.2 cm³/mol. The van der Waals surface area contributed by atoms with E-state index in [1.807, 2.05) is 0 Å². The van der Waals surface area contributed by atoms with Crippen molar-refractivity contribution in [1.29, 1.82) is 0 Å². The van der Waals surface area contributed by atoms with Crippen LogP contribution in [0.3, 0.4) is 0 Å². The Morgan fingerprint density at radius 2 is 1.91 bits per heavy atom. The number of nitrogens with one attached hydrogen (secondary N) is 1. The molecular formula is C16H16FN3O3. The van der Waals surface area contributed by atoms with Crippen molar-refractivity contribution in [2.45, 2.75) is 12.3 Å². The van der Waals surface area contributed by atoms with Crippen LogP contribution in [-0.4, -0.2) is 25.1 Å². The summed E-state index contributed by atoms with van der Waals surface area (Å²) in [7, 11) is 2.91. The fourth-order valence-electron chi connectivity index (χ4n) is 2.76. The number of anilines is 2. The third kappa shape index (κ3) is 2.65. The van der Waals surface area contributed by atoms with Gasteiger partial charge < -0.3 is 20.5 Å². The predicted octanol–water partition coefficient (Wildman–Crippen LogP) is 2.29. The first-order valence-electron chi connectivity index (χ1n) is 7.01. The number of nitrogens with zero attached hydrogens (tertiary/aromatic N) is 1. The molecule has 0 radical (unpaired) electrons. The van der Waals surface area contributed by atoms with Gasteiger partial charge in [-0.3, -0.25) is 4.79 Å². The lowest BCUT2D eigenvalue weighted by Gasteiger charge is -2.26. The monoisotopic (exact) mass is 317 g/mol. The molecule has 7 heteroatoms. The molecule has 23 heavy (non-hydrogen) atoms. The molecule has 0 saturated carbocycles. The van der Waals surface area contributed by atoms with Gasteiger partial charge in [0.25, 0.3) is 0 Å². The van der Waals surface area contributed by atoms with E-state index < -0.39 is 11.7 Å². The minimum Gasteiger partial charge on any atom is -0.493 e. The lowest BCUT2D eigenvalue weighted by atomic mass is 9.85. The van der Waals surface area contributed by atoms with Gasteiger partial charge in [-0.05, 0) is 17.7 Å². The largest absolute Gasteiger partial charge is 0.493 e. The fraction of sp³-hybridized carbons (Fsp3) is 0.250. The first kappa shape index (κ1) is 15.1. The van der Waals surface area contributed by atoms with Crippen molar-refractivity contribution in [2.75, 3.05) is 25.3 Å². The number of nitrogen functional groups attached to an aromatic ring is 1. The summed E-state index contributed by atoms with van der Waals surface area (Å²) in [5.74, 6) is 0.175. The topological polar surface area (TPSA) is 86.5 Å². The van der Waals surface area contributed by atoms with Crippen LogP contribution in [-0.2, 0) is 4.79 Å². The second kappa shape index (κ2) is 5.75. The maximum atomic E-state index is 14.5. The highest BCUT2D eigenvalue weighted by molar-refractivity contribution is 5.94. The molecule has 0 aliphatic carbocycles. The number of nitrogens with two attached hydrogens (primary N) is 1. The molecular weight excluding hydrogens is 301 g/mol. The summed E-state index contributed by atoms with van der Waals surface area (Å²) in [6, 6.07) is 6.18. The van der Waals surface area contributed by atoms with Crippen LogP contribution in [0.1, 0.15) is 23.5 Å². The van der Waals surface area contributed by atoms with E-state index in [0.717, 1.165) is 0 Å². The maximum Gasteiger partial charge on any atom is 0.226 e. The van der Waals surface area contributed by atoms with Crippen molar-refractivity contribution in [3.05, 3.63) is 41.2 Å². The van der Waals surface area contributed by atoms with Gasteiger partial charge >= 0.3 is 0 Å². The van der Waals surface area contributed by atoms with Gasteiger partial charge in [0.2, 0.25) is 5.91 Å². The van der Waals surface area contributed by atoms with Crippen molar-refractivity contribution < 1.29 is 18.7 Å². The third-order valence-electron chi connectivity index (χ3n) is 3.85. The number of hydrogen-bond donors (Lipinski definition) is 2. The molecule has 1 aromatic heterocycles. The van der Waals surface area contributed by atoms with Gasteiger partial charge in [-0.1, -0.05) is 6.07 Å². The smallest absolute Gasteiger partial charge is 0.226 e. The van der Waals surface area contributed by atoms with Crippen LogP contribution < -0.4 is 20.5 Å². The molecule has 2 aromatic rings. The van der Waals surface area contributed by atoms with Crippen LogP contribution in [0.5, 0.6) is 11.5 Å². The lowest BCUT2D eigenvalue weighted by molar-refractivity contribution is -0.116. The Morgan fingerprint density at radius 1 is 1.22 bits per heavy atom. The maximum absolute atomic E-state index is 14.5. The van der Waals surface area contributed by atoms with E-state index >= 15 is 0 Å². The number of pyridine rings is 1. The second-order valence-electron chi connectivity index (χ2n) is 5.21. The zero-order chi connectivity index (χ0) is 16.6. The molecule has 0 unspecified atom stereocenters. The molecule has 3 N–H and O–H groups in total. The van der Waals surface area contributed by atoms with Crippen LogP contribution in [0.4, 0.5) is 16.0 Å². The van der Waals surface area contributed by atoms with E-state index in [0.29, 0.717) is 28.4 Å². The number of hydrogen-bond acceptors (Lipinski definition) is 5. The van der Waals surface area contributed by atoms with E-state index in [4.69, 9.17) is 15.2 Å². The number of aromatic nitrogens is 1. The average molecular weight is 317 g/mol. The molecule has 0 bridgehead atoms. The molecule has 0 saturated heterocycles. The molecule has 6 nitrogen and oxygen atoms in total. The minimum atomic E-state index is -0.467. The van der Waals surface area contributed by atoms with Gasteiger partial charge in [0.05, 0.1) is 14.2 Å². The van der Waals surface area contributed by atoms with Crippen molar-refractivity contribution in [2.24, 2.45) is 0 Å². The zero-order valence-corrected chi connectivity index (χ0v) is 12.7. The van der Waals surface area contributed by atoms with Crippen LogP contribution in [0, 0.1) is 5.82 Å². The van der Waals surface area contributed by atoms with Crippen molar-refractivity contribution in [3.63, 3.8) is 0 Å².